The van der Waals surface area contributed by atoms with E-state index in [2.05, 4.69) is 22.5 Å². The highest BCUT2D eigenvalue weighted by Gasteiger charge is 2.25. The average Bonchev–Trinajstić information content (AvgIpc) is 2.86. The van der Waals surface area contributed by atoms with Crippen LogP contribution in [0.1, 0.15) is 41.9 Å². The van der Waals surface area contributed by atoms with Crippen LogP contribution >= 0.6 is 0 Å². The summed E-state index contributed by atoms with van der Waals surface area (Å²) in [7, 11) is 1.53. The molecule has 0 atom stereocenters. The van der Waals surface area contributed by atoms with Gasteiger partial charge in [-0.15, -0.1) is 0 Å². The zero-order chi connectivity index (χ0) is 15.4. The topological polar surface area (TPSA) is 87.5 Å². The molecule has 0 spiro atoms. The maximum atomic E-state index is 12.4. The van der Waals surface area contributed by atoms with Crippen molar-refractivity contribution in [2.24, 2.45) is 5.92 Å². The van der Waals surface area contributed by atoms with E-state index >= 15 is 0 Å². The number of aryl methyl sites for hydroxylation is 1. The smallest absolute Gasteiger partial charge is 0.314 e. The van der Waals surface area contributed by atoms with E-state index in [1.807, 2.05) is 4.90 Å². The molecule has 1 aromatic heterocycles. The molecule has 7 heteroatoms. The fourth-order valence-corrected chi connectivity index (χ4v) is 2.33. The number of hydrogen-bond acceptors (Lipinski definition) is 4. The Kier molecular flexibility index (Phi) is 4.82. The van der Waals surface area contributed by atoms with Crippen LogP contribution in [0, 0.1) is 12.8 Å². The van der Waals surface area contributed by atoms with Crippen LogP contribution in [0.25, 0.3) is 0 Å². The zero-order valence-electron chi connectivity index (χ0n) is 12.7. The Hall–Kier alpha value is -2.05. The Bertz CT molecular complexity index is 518. The summed E-state index contributed by atoms with van der Waals surface area (Å²) in [6.45, 7) is 5.60. The summed E-state index contributed by atoms with van der Waals surface area (Å²) in [5, 5.41) is 5.02. The number of carbonyl (C=O) groups excluding carboxylic acids is 2. The Morgan fingerprint density at radius 3 is 2.67 bits per heavy atom. The van der Waals surface area contributed by atoms with Crippen molar-refractivity contribution in [1.82, 2.24) is 20.5 Å². The van der Waals surface area contributed by atoms with Gasteiger partial charge in [-0.2, -0.15) is 0 Å². The molecular weight excluding hydrogens is 272 g/mol. The van der Waals surface area contributed by atoms with Gasteiger partial charge in [0.1, 0.15) is 5.76 Å². The first-order valence-electron chi connectivity index (χ1n) is 7.22. The number of carbonyl (C=O) groups is 2. The number of hydrogen-bond donors (Lipinski definition) is 2. The standard InChI is InChI=1S/C14H22N4O3/c1-9-4-6-18(7-5-9)13(19)12-10(2)21-11(17-12)8-16-14(20)15-3/h9H,4-8H2,1-3H3,(H2,15,16,20). The van der Waals surface area contributed by atoms with Crippen molar-refractivity contribution in [2.45, 2.75) is 33.2 Å². The lowest BCUT2D eigenvalue weighted by Crippen LogP contribution is -2.38. The number of nitrogens with zero attached hydrogens (tertiary/aromatic N) is 2. The van der Waals surface area contributed by atoms with Crippen LogP contribution < -0.4 is 10.6 Å². The van der Waals surface area contributed by atoms with Crippen LogP contribution in [0.3, 0.4) is 0 Å². The Morgan fingerprint density at radius 2 is 2.05 bits per heavy atom. The molecule has 0 aliphatic carbocycles. The average molecular weight is 294 g/mol. The lowest BCUT2D eigenvalue weighted by molar-refractivity contribution is 0.0690. The van der Waals surface area contributed by atoms with E-state index in [4.69, 9.17) is 4.42 Å². The maximum absolute atomic E-state index is 12.4. The van der Waals surface area contributed by atoms with E-state index in [0.29, 0.717) is 23.3 Å². The lowest BCUT2D eigenvalue weighted by atomic mass is 9.99. The van der Waals surface area contributed by atoms with Gasteiger partial charge in [0, 0.05) is 20.1 Å². The monoisotopic (exact) mass is 294 g/mol. The van der Waals surface area contributed by atoms with Crippen LogP contribution in [-0.2, 0) is 6.54 Å². The summed E-state index contributed by atoms with van der Waals surface area (Å²) in [4.78, 5) is 29.6. The molecule has 1 aliphatic heterocycles. The third-order valence-electron chi connectivity index (χ3n) is 3.74. The van der Waals surface area contributed by atoms with Gasteiger partial charge in [-0.05, 0) is 25.7 Å². The van der Waals surface area contributed by atoms with Crippen molar-refractivity contribution in [1.29, 1.82) is 0 Å². The quantitative estimate of drug-likeness (QED) is 0.879. The normalized spacial score (nSPS) is 15.9. The van der Waals surface area contributed by atoms with Gasteiger partial charge in [-0.3, -0.25) is 4.79 Å². The summed E-state index contributed by atoms with van der Waals surface area (Å²) < 4.78 is 5.44. The molecule has 21 heavy (non-hydrogen) atoms. The van der Waals surface area contributed by atoms with E-state index in [0.717, 1.165) is 25.9 Å². The summed E-state index contributed by atoms with van der Waals surface area (Å²) >= 11 is 0. The minimum absolute atomic E-state index is 0.0886. The van der Waals surface area contributed by atoms with Crippen LogP contribution in [0.2, 0.25) is 0 Å². The van der Waals surface area contributed by atoms with Crippen molar-refractivity contribution in [3.8, 4) is 0 Å². The summed E-state index contributed by atoms with van der Waals surface area (Å²) in [5.41, 5.74) is 0.346. The van der Waals surface area contributed by atoms with Crippen molar-refractivity contribution in [2.75, 3.05) is 20.1 Å². The molecule has 2 N–H and O–H groups in total. The number of urea groups is 1. The highest BCUT2D eigenvalue weighted by molar-refractivity contribution is 5.93. The number of oxazole rings is 1. The second-order valence-electron chi connectivity index (χ2n) is 5.42. The van der Waals surface area contributed by atoms with E-state index in [-0.39, 0.29) is 18.5 Å². The Labute approximate surface area is 124 Å². The third-order valence-corrected chi connectivity index (χ3v) is 3.74. The molecule has 7 nitrogen and oxygen atoms in total. The largest absolute Gasteiger partial charge is 0.443 e. The molecule has 3 amide bonds. The number of rotatable bonds is 3. The van der Waals surface area contributed by atoms with Crippen LogP contribution in [0.5, 0.6) is 0 Å². The molecular formula is C14H22N4O3. The first-order valence-corrected chi connectivity index (χ1v) is 7.22. The molecule has 0 radical (unpaired) electrons. The maximum Gasteiger partial charge on any atom is 0.314 e. The fourth-order valence-electron chi connectivity index (χ4n) is 2.33. The van der Waals surface area contributed by atoms with Gasteiger partial charge in [-0.1, -0.05) is 6.92 Å². The molecule has 0 aromatic carbocycles. The van der Waals surface area contributed by atoms with E-state index < -0.39 is 0 Å². The molecule has 0 saturated carbocycles. The highest BCUT2D eigenvalue weighted by atomic mass is 16.4. The van der Waals surface area contributed by atoms with E-state index in [1.54, 1.807) is 6.92 Å². The summed E-state index contributed by atoms with van der Waals surface area (Å²) in [5.74, 6) is 1.41. The molecule has 1 aromatic rings. The second kappa shape index (κ2) is 6.60. The van der Waals surface area contributed by atoms with Gasteiger partial charge in [0.05, 0.1) is 6.54 Å². The molecule has 1 saturated heterocycles. The number of likely N-dealkylation sites (tertiary alicyclic amines) is 1. The first kappa shape index (κ1) is 15.3. The molecule has 1 fully saturated rings. The SMILES string of the molecule is CNC(=O)NCc1nc(C(=O)N2CCC(C)CC2)c(C)o1. The van der Waals surface area contributed by atoms with Gasteiger partial charge >= 0.3 is 6.03 Å². The summed E-state index contributed by atoms with van der Waals surface area (Å²) in [6, 6.07) is -0.316. The highest BCUT2D eigenvalue weighted by Crippen LogP contribution is 2.19. The van der Waals surface area contributed by atoms with E-state index in [9.17, 15) is 9.59 Å². The van der Waals surface area contributed by atoms with Crippen molar-refractivity contribution >= 4 is 11.9 Å². The minimum atomic E-state index is -0.316. The molecule has 2 heterocycles. The van der Waals surface area contributed by atoms with Crippen LogP contribution in [0.4, 0.5) is 4.79 Å². The van der Waals surface area contributed by atoms with Crippen LogP contribution in [-0.4, -0.2) is 42.0 Å². The predicted octanol–water partition coefficient (Wildman–Crippen LogP) is 1.28. The van der Waals surface area contributed by atoms with Gasteiger partial charge in [0.2, 0.25) is 5.89 Å². The predicted molar refractivity (Wildman–Crippen MR) is 76.8 cm³/mol. The Balaban J connectivity index is 2.01. The van der Waals surface area contributed by atoms with Crippen molar-refractivity contribution < 1.29 is 14.0 Å². The fraction of sp³-hybridized carbons (Fsp3) is 0.643. The third kappa shape index (κ3) is 3.74. The number of piperidine rings is 1. The second-order valence-corrected chi connectivity index (χ2v) is 5.42. The molecule has 116 valence electrons. The molecule has 0 unspecified atom stereocenters. The van der Waals surface area contributed by atoms with Crippen molar-refractivity contribution in [3.05, 3.63) is 17.3 Å². The van der Waals surface area contributed by atoms with Crippen molar-refractivity contribution in [3.63, 3.8) is 0 Å². The van der Waals surface area contributed by atoms with Gasteiger partial charge in [0.15, 0.2) is 5.69 Å². The van der Waals surface area contributed by atoms with Gasteiger partial charge < -0.3 is 20.0 Å². The number of aromatic nitrogens is 1. The molecule has 2 rings (SSSR count). The molecule has 1 aliphatic rings. The van der Waals surface area contributed by atoms with Crippen LogP contribution in [0.15, 0.2) is 4.42 Å². The zero-order valence-corrected chi connectivity index (χ0v) is 12.7. The first-order chi connectivity index (χ1) is 10.0. The minimum Gasteiger partial charge on any atom is -0.443 e. The molecule has 0 bridgehead atoms. The van der Waals surface area contributed by atoms with E-state index in [1.165, 1.54) is 7.05 Å². The summed E-state index contributed by atoms with van der Waals surface area (Å²) in [6.07, 6.45) is 2.04. The van der Waals surface area contributed by atoms with Gasteiger partial charge in [0.25, 0.3) is 5.91 Å². The number of amides is 3. The Morgan fingerprint density at radius 1 is 1.38 bits per heavy atom. The van der Waals surface area contributed by atoms with Gasteiger partial charge in [-0.25, -0.2) is 9.78 Å². The lowest BCUT2D eigenvalue weighted by Gasteiger charge is -2.29. The number of nitrogens with one attached hydrogen (secondary N) is 2.